The zero-order valence-electron chi connectivity index (χ0n) is 12.9. The first-order valence-corrected chi connectivity index (χ1v) is 7.68. The molecule has 6 nitrogen and oxygen atoms in total. The molecule has 0 aliphatic rings. The lowest BCUT2D eigenvalue weighted by atomic mass is 10.2. The summed E-state index contributed by atoms with van der Waals surface area (Å²) in [5.74, 6) is 1.03. The van der Waals surface area contributed by atoms with Gasteiger partial charge in [-0.25, -0.2) is 4.79 Å². The van der Waals surface area contributed by atoms with Gasteiger partial charge in [-0.15, -0.1) is 0 Å². The van der Waals surface area contributed by atoms with E-state index in [1.54, 1.807) is 31.2 Å². The summed E-state index contributed by atoms with van der Waals surface area (Å²) in [6.07, 6.45) is 0. The number of nitrogens with one attached hydrogen (secondary N) is 2. The lowest BCUT2D eigenvalue weighted by Gasteiger charge is -2.08. The van der Waals surface area contributed by atoms with Crippen molar-refractivity contribution in [2.24, 2.45) is 0 Å². The lowest BCUT2D eigenvalue weighted by molar-refractivity contribution is 0.251. The van der Waals surface area contributed by atoms with E-state index in [2.05, 4.69) is 20.8 Å². The van der Waals surface area contributed by atoms with Crippen LogP contribution in [0.1, 0.15) is 11.5 Å². The van der Waals surface area contributed by atoms with Crippen LogP contribution in [0.15, 0.2) is 53.1 Å². The Kier molecular flexibility index (Phi) is 4.77. The van der Waals surface area contributed by atoms with Crippen molar-refractivity contribution in [1.82, 2.24) is 15.5 Å². The third-order valence-electron chi connectivity index (χ3n) is 3.29. The van der Waals surface area contributed by atoms with Crippen molar-refractivity contribution >= 4 is 23.3 Å². The topological polar surface area (TPSA) is 80.0 Å². The Hall–Kier alpha value is -2.86. The van der Waals surface area contributed by atoms with Crippen molar-refractivity contribution < 1.29 is 9.32 Å². The summed E-state index contributed by atoms with van der Waals surface area (Å²) in [4.78, 5) is 16.1. The summed E-state index contributed by atoms with van der Waals surface area (Å²) < 4.78 is 4.95. The highest BCUT2D eigenvalue weighted by Crippen LogP contribution is 2.18. The molecule has 0 aliphatic carbocycles. The van der Waals surface area contributed by atoms with Gasteiger partial charge >= 0.3 is 6.03 Å². The molecule has 0 bridgehead atoms. The SMILES string of the molecule is Cc1nc(-c2ccc(NC(=O)NCc3ccc(Cl)cc3)cc2)no1. The van der Waals surface area contributed by atoms with E-state index < -0.39 is 0 Å². The molecule has 122 valence electrons. The third-order valence-corrected chi connectivity index (χ3v) is 3.55. The number of halogens is 1. The van der Waals surface area contributed by atoms with Crippen molar-refractivity contribution in [2.75, 3.05) is 5.32 Å². The van der Waals surface area contributed by atoms with E-state index in [1.165, 1.54) is 0 Å². The Balaban J connectivity index is 1.55. The van der Waals surface area contributed by atoms with Gasteiger partial charge in [0.2, 0.25) is 11.7 Å². The van der Waals surface area contributed by atoms with Crippen LogP contribution in [0.3, 0.4) is 0 Å². The van der Waals surface area contributed by atoms with Gasteiger partial charge in [0.25, 0.3) is 0 Å². The Labute approximate surface area is 143 Å². The molecule has 3 aromatic rings. The van der Waals surface area contributed by atoms with Gasteiger partial charge in [-0.1, -0.05) is 28.9 Å². The van der Waals surface area contributed by atoms with Crippen molar-refractivity contribution in [3.63, 3.8) is 0 Å². The number of urea groups is 1. The van der Waals surface area contributed by atoms with Crippen molar-refractivity contribution in [3.05, 3.63) is 65.0 Å². The first-order chi connectivity index (χ1) is 11.6. The van der Waals surface area contributed by atoms with E-state index in [0.29, 0.717) is 29.0 Å². The summed E-state index contributed by atoms with van der Waals surface area (Å²) in [5.41, 5.74) is 2.46. The molecule has 2 aromatic carbocycles. The van der Waals surface area contributed by atoms with Gasteiger partial charge in [0, 0.05) is 29.7 Å². The maximum absolute atomic E-state index is 11.9. The second-order valence-electron chi connectivity index (χ2n) is 5.15. The van der Waals surface area contributed by atoms with Crippen molar-refractivity contribution in [2.45, 2.75) is 13.5 Å². The fraction of sp³-hybridized carbons (Fsp3) is 0.118. The van der Waals surface area contributed by atoms with Crippen LogP contribution in [0, 0.1) is 6.92 Å². The molecule has 0 aliphatic heterocycles. The molecule has 0 spiro atoms. The van der Waals surface area contributed by atoms with Gasteiger partial charge in [-0.3, -0.25) is 0 Å². The van der Waals surface area contributed by atoms with E-state index >= 15 is 0 Å². The van der Waals surface area contributed by atoms with Gasteiger partial charge in [0.1, 0.15) is 0 Å². The molecule has 0 saturated heterocycles. The number of carbonyl (C=O) groups excluding carboxylic acids is 1. The largest absolute Gasteiger partial charge is 0.339 e. The molecule has 24 heavy (non-hydrogen) atoms. The summed E-state index contributed by atoms with van der Waals surface area (Å²) in [5, 5.41) is 10.1. The van der Waals surface area contributed by atoms with Gasteiger partial charge in [0.05, 0.1) is 0 Å². The average molecular weight is 343 g/mol. The fourth-order valence-corrected chi connectivity index (χ4v) is 2.21. The normalized spacial score (nSPS) is 10.4. The number of rotatable bonds is 4. The average Bonchev–Trinajstić information content (AvgIpc) is 3.01. The monoisotopic (exact) mass is 342 g/mol. The number of anilines is 1. The zero-order valence-corrected chi connectivity index (χ0v) is 13.7. The first kappa shape index (κ1) is 16.0. The van der Waals surface area contributed by atoms with Crippen LogP contribution in [0.4, 0.5) is 10.5 Å². The zero-order chi connectivity index (χ0) is 16.9. The molecule has 2 amide bonds. The minimum Gasteiger partial charge on any atom is -0.339 e. The molecule has 0 unspecified atom stereocenters. The summed E-state index contributed by atoms with van der Waals surface area (Å²) in [6.45, 7) is 2.15. The highest BCUT2D eigenvalue weighted by molar-refractivity contribution is 6.30. The van der Waals surface area contributed by atoms with E-state index in [0.717, 1.165) is 11.1 Å². The van der Waals surface area contributed by atoms with Crippen molar-refractivity contribution in [3.8, 4) is 11.4 Å². The highest BCUT2D eigenvalue weighted by atomic mass is 35.5. The number of aryl methyl sites for hydroxylation is 1. The molecule has 1 aromatic heterocycles. The fourth-order valence-electron chi connectivity index (χ4n) is 2.08. The van der Waals surface area contributed by atoms with Crippen LogP contribution in [-0.4, -0.2) is 16.2 Å². The number of carbonyl (C=O) groups is 1. The quantitative estimate of drug-likeness (QED) is 0.750. The Morgan fingerprint density at radius 3 is 2.46 bits per heavy atom. The number of hydrogen-bond acceptors (Lipinski definition) is 4. The van der Waals surface area contributed by atoms with E-state index in [9.17, 15) is 4.79 Å². The molecule has 0 atom stereocenters. The van der Waals surface area contributed by atoms with Crippen molar-refractivity contribution in [1.29, 1.82) is 0 Å². The molecule has 0 saturated carbocycles. The highest BCUT2D eigenvalue weighted by Gasteiger charge is 2.06. The van der Waals surface area contributed by atoms with Gasteiger partial charge in [-0.2, -0.15) is 4.98 Å². The van der Waals surface area contributed by atoms with Crippen LogP contribution in [0.2, 0.25) is 5.02 Å². The molecule has 1 heterocycles. The molecule has 3 rings (SSSR count). The minimum atomic E-state index is -0.284. The molecule has 7 heteroatoms. The predicted molar refractivity (Wildman–Crippen MR) is 91.8 cm³/mol. The van der Waals surface area contributed by atoms with Crippen LogP contribution >= 0.6 is 11.6 Å². The maximum Gasteiger partial charge on any atom is 0.319 e. The third kappa shape index (κ3) is 4.11. The number of nitrogens with zero attached hydrogens (tertiary/aromatic N) is 2. The van der Waals surface area contributed by atoms with E-state index in [1.807, 2.05) is 24.3 Å². The molecular weight excluding hydrogens is 328 g/mol. The van der Waals surface area contributed by atoms with Crippen LogP contribution in [-0.2, 0) is 6.54 Å². The molecule has 0 fully saturated rings. The summed E-state index contributed by atoms with van der Waals surface area (Å²) in [7, 11) is 0. The Bertz CT molecular complexity index is 829. The first-order valence-electron chi connectivity index (χ1n) is 7.30. The lowest BCUT2D eigenvalue weighted by Crippen LogP contribution is -2.28. The van der Waals surface area contributed by atoms with Gasteiger partial charge in [0.15, 0.2) is 0 Å². The standard InChI is InChI=1S/C17H15ClN4O2/c1-11-20-16(22-24-11)13-4-8-15(9-5-13)21-17(23)19-10-12-2-6-14(18)7-3-12/h2-9H,10H2,1H3,(H2,19,21,23). The molecule has 2 N–H and O–H groups in total. The number of amides is 2. The predicted octanol–water partition coefficient (Wildman–Crippen LogP) is 4.02. The number of hydrogen-bond donors (Lipinski definition) is 2. The number of benzene rings is 2. The molecule has 0 radical (unpaired) electrons. The molecular formula is C17H15ClN4O2. The smallest absolute Gasteiger partial charge is 0.319 e. The van der Waals surface area contributed by atoms with Crippen LogP contribution < -0.4 is 10.6 Å². The van der Waals surface area contributed by atoms with Crippen LogP contribution in [0.25, 0.3) is 11.4 Å². The second-order valence-corrected chi connectivity index (χ2v) is 5.58. The van der Waals surface area contributed by atoms with Gasteiger partial charge in [-0.05, 0) is 42.0 Å². The summed E-state index contributed by atoms with van der Waals surface area (Å²) >= 11 is 5.83. The van der Waals surface area contributed by atoms with Gasteiger partial charge < -0.3 is 15.2 Å². The summed E-state index contributed by atoms with van der Waals surface area (Å²) in [6, 6.07) is 14.2. The Morgan fingerprint density at radius 1 is 1.12 bits per heavy atom. The minimum absolute atomic E-state index is 0.284. The number of aromatic nitrogens is 2. The van der Waals surface area contributed by atoms with E-state index in [-0.39, 0.29) is 6.03 Å². The Morgan fingerprint density at radius 2 is 1.83 bits per heavy atom. The van der Waals surface area contributed by atoms with Crippen LogP contribution in [0.5, 0.6) is 0 Å². The maximum atomic E-state index is 11.9. The second kappa shape index (κ2) is 7.14. The van der Waals surface area contributed by atoms with E-state index in [4.69, 9.17) is 16.1 Å².